The van der Waals surface area contributed by atoms with Gasteiger partial charge in [0.1, 0.15) is 16.6 Å². The molecule has 0 radical (unpaired) electrons. The maximum absolute atomic E-state index is 14.1. The molecule has 0 spiro atoms. The summed E-state index contributed by atoms with van der Waals surface area (Å²) in [5.74, 6) is -3.19. The van der Waals surface area contributed by atoms with Gasteiger partial charge in [0, 0.05) is 23.2 Å². The highest BCUT2D eigenvalue weighted by Gasteiger charge is 2.21. The summed E-state index contributed by atoms with van der Waals surface area (Å²) in [6, 6.07) is 2.94. The van der Waals surface area contributed by atoms with Gasteiger partial charge in [-0.25, -0.2) is 23.5 Å². The number of halogens is 2. The van der Waals surface area contributed by atoms with E-state index in [1.165, 1.54) is 24.3 Å². The van der Waals surface area contributed by atoms with Crippen LogP contribution in [-0.2, 0) is 4.79 Å². The van der Waals surface area contributed by atoms with Gasteiger partial charge in [0.15, 0.2) is 10.8 Å². The van der Waals surface area contributed by atoms with Crippen LogP contribution in [0, 0.1) is 18.6 Å². The lowest BCUT2D eigenvalue weighted by Crippen LogP contribution is -2.23. The zero-order chi connectivity index (χ0) is 20.4. The Kier molecular flexibility index (Phi) is 5.61. The minimum atomic E-state index is -1.09. The summed E-state index contributed by atoms with van der Waals surface area (Å²) in [7, 11) is 0. The van der Waals surface area contributed by atoms with Crippen LogP contribution in [0.2, 0.25) is 0 Å². The summed E-state index contributed by atoms with van der Waals surface area (Å²) in [4.78, 5) is 33.0. The summed E-state index contributed by atoms with van der Waals surface area (Å²) in [6.07, 6.45) is 3.22. The van der Waals surface area contributed by atoms with Crippen molar-refractivity contribution in [2.45, 2.75) is 13.8 Å². The molecule has 10 heteroatoms. The van der Waals surface area contributed by atoms with Gasteiger partial charge in [-0.15, -0.1) is 22.7 Å². The van der Waals surface area contributed by atoms with Gasteiger partial charge in [-0.05, 0) is 31.2 Å². The highest BCUT2D eigenvalue weighted by molar-refractivity contribution is 7.14. The van der Waals surface area contributed by atoms with Crippen molar-refractivity contribution in [3.63, 3.8) is 0 Å². The third-order valence-electron chi connectivity index (χ3n) is 3.58. The van der Waals surface area contributed by atoms with Gasteiger partial charge < -0.3 is 5.11 Å². The second kappa shape index (κ2) is 7.95. The molecule has 1 amide bonds. The Bertz CT molecular complexity index is 1090. The highest BCUT2D eigenvalue weighted by atomic mass is 32.1. The lowest BCUT2D eigenvalue weighted by molar-refractivity contribution is -0.115. The summed E-state index contributed by atoms with van der Waals surface area (Å²) < 4.78 is 27.3. The van der Waals surface area contributed by atoms with E-state index in [1.54, 1.807) is 24.5 Å². The molecule has 0 saturated carbocycles. The van der Waals surface area contributed by atoms with Gasteiger partial charge in [-0.1, -0.05) is 0 Å². The number of carboxylic acid groups (broad SMARTS) is 1. The second-order valence-corrected chi connectivity index (χ2v) is 7.67. The van der Waals surface area contributed by atoms with Gasteiger partial charge >= 0.3 is 5.97 Å². The van der Waals surface area contributed by atoms with Crippen molar-refractivity contribution in [2.24, 2.45) is 0 Å². The van der Waals surface area contributed by atoms with Crippen LogP contribution in [0.4, 0.5) is 19.6 Å². The first-order valence-electron chi connectivity index (χ1n) is 7.86. The lowest BCUT2D eigenvalue weighted by atomic mass is 10.2. The molecule has 3 aromatic rings. The first kappa shape index (κ1) is 19.8. The van der Waals surface area contributed by atoms with Crippen molar-refractivity contribution in [3.05, 3.63) is 56.5 Å². The fourth-order valence-electron chi connectivity index (χ4n) is 2.37. The van der Waals surface area contributed by atoms with Crippen molar-refractivity contribution in [1.29, 1.82) is 0 Å². The number of rotatable bonds is 5. The number of aromatic carboxylic acids is 1. The number of aromatic nitrogens is 2. The molecule has 0 fully saturated rings. The van der Waals surface area contributed by atoms with Crippen LogP contribution in [0.15, 0.2) is 23.6 Å². The van der Waals surface area contributed by atoms with Gasteiger partial charge in [0.2, 0.25) is 5.91 Å². The molecule has 0 aliphatic carbocycles. The van der Waals surface area contributed by atoms with Crippen molar-refractivity contribution >= 4 is 57.5 Å². The summed E-state index contributed by atoms with van der Waals surface area (Å²) in [5.41, 5.74) is 0.386. The van der Waals surface area contributed by atoms with Crippen LogP contribution in [0.5, 0.6) is 0 Å². The minimum Gasteiger partial charge on any atom is -0.476 e. The van der Waals surface area contributed by atoms with Gasteiger partial charge in [0.05, 0.1) is 11.4 Å². The number of carbonyl (C=O) groups excluding carboxylic acids is 1. The third kappa shape index (κ3) is 4.12. The van der Waals surface area contributed by atoms with Gasteiger partial charge in [-0.2, -0.15) is 0 Å². The molecule has 6 nitrogen and oxygen atoms in total. The molecule has 3 rings (SSSR count). The Morgan fingerprint density at radius 3 is 2.57 bits per heavy atom. The highest BCUT2D eigenvalue weighted by Crippen LogP contribution is 2.31. The molecule has 0 aliphatic heterocycles. The zero-order valence-electron chi connectivity index (χ0n) is 14.6. The molecule has 0 bridgehead atoms. The number of nitrogens with zero attached hydrogens (tertiary/aromatic N) is 3. The number of amides is 1. The predicted octanol–water partition coefficient (Wildman–Crippen LogP) is 4.74. The average molecular weight is 421 g/mol. The molecule has 28 heavy (non-hydrogen) atoms. The maximum Gasteiger partial charge on any atom is 0.355 e. The van der Waals surface area contributed by atoms with Crippen LogP contribution in [-0.4, -0.2) is 27.0 Å². The standard InChI is InChI=1S/C18H13F2N3O3S2/c1-9-16(17(25)26)22-15(28-9)6-4-12-8-27-18(21-12)23(10(2)24)14-5-3-11(19)7-13(14)20/h3-8H,1-2H3,(H,25,26). The van der Waals surface area contributed by atoms with Crippen LogP contribution in [0.1, 0.15) is 33.0 Å². The van der Waals surface area contributed by atoms with Gasteiger partial charge in [0.25, 0.3) is 0 Å². The summed E-state index contributed by atoms with van der Waals surface area (Å²) in [6.45, 7) is 2.92. The molecular weight excluding hydrogens is 408 g/mol. The van der Waals surface area contributed by atoms with E-state index in [4.69, 9.17) is 5.11 Å². The molecule has 144 valence electrons. The van der Waals surface area contributed by atoms with Crippen LogP contribution in [0.3, 0.4) is 0 Å². The number of aryl methyl sites for hydroxylation is 1. The Hall–Kier alpha value is -2.98. The minimum absolute atomic E-state index is 0.00171. The number of carbonyl (C=O) groups is 2. The normalized spacial score (nSPS) is 11.1. The fraction of sp³-hybridized carbons (Fsp3) is 0.111. The molecule has 2 heterocycles. The van der Waals surface area contributed by atoms with Crippen LogP contribution >= 0.6 is 22.7 Å². The Labute approximate surface area is 166 Å². The van der Waals surface area contributed by atoms with E-state index in [-0.39, 0.29) is 16.5 Å². The number of hydrogen-bond acceptors (Lipinski definition) is 6. The van der Waals surface area contributed by atoms with E-state index in [0.717, 1.165) is 22.3 Å². The Balaban J connectivity index is 1.88. The molecule has 0 unspecified atom stereocenters. The average Bonchev–Trinajstić information content (AvgIpc) is 3.21. The number of hydrogen-bond donors (Lipinski definition) is 1. The molecule has 1 aromatic carbocycles. The first-order chi connectivity index (χ1) is 13.3. The molecular formula is C18H13F2N3O3S2. The molecule has 1 N–H and O–H groups in total. The molecule has 0 atom stereocenters. The molecule has 0 saturated heterocycles. The number of benzene rings is 1. The summed E-state index contributed by atoms with van der Waals surface area (Å²) in [5, 5.41) is 11.4. The largest absolute Gasteiger partial charge is 0.476 e. The van der Waals surface area contributed by atoms with E-state index in [1.807, 2.05) is 0 Å². The number of carboxylic acids is 1. The molecule has 2 aromatic heterocycles. The van der Waals surface area contributed by atoms with Crippen molar-refractivity contribution in [3.8, 4) is 0 Å². The second-order valence-electron chi connectivity index (χ2n) is 5.60. The van der Waals surface area contributed by atoms with Crippen LogP contribution < -0.4 is 4.90 Å². The van der Waals surface area contributed by atoms with Crippen molar-refractivity contribution in [1.82, 2.24) is 9.97 Å². The fourth-order valence-corrected chi connectivity index (χ4v) is 4.03. The smallest absolute Gasteiger partial charge is 0.355 e. The summed E-state index contributed by atoms with van der Waals surface area (Å²) >= 11 is 2.34. The predicted molar refractivity (Wildman–Crippen MR) is 104 cm³/mol. The quantitative estimate of drug-likeness (QED) is 0.643. The molecule has 0 aliphatic rings. The zero-order valence-corrected chi connectivity index (χ0v) is 16.3. The Morgan fingerprint density at radius 2 is 1.96 bits per heavy atom. The Morgan fingerprint density at radius 1 is 1.21 bits per heavy atom. The van der Waals surface area contributed by atoms with E-state index >= 15 is 0 Å². The monoisotopic (exact) mass is 421 g/mol. The third-order valence-corrected chi connectivity index (χ3v) is 5.36. The maximum atomic E-state index is 14.1. The van der Waals surface area contributed by atoms with E-state index < -0.39 is 23.5 Å². The topological polar surface area (TPSA) is 83.4 Å². The number of anilines is 2. The van der Waals surface area contributed by atoms with E-state index in [9.17, 15) is 18.4 Å². The van der Waals surface area contributed by atoms with Gasteiger partial charge in [-0.3, -0.25) is 9.69 Å². The van der Waals surface area contributed by atoms with Crippen LogP contribution in [0.25, 0.3) is 12.2 Å². The SMILES string of the molecule is CC(=O)N(c1nc(C=Cc2nc(C(=O)O)c(C)s2)cs1)c1ccc(F)cc1F. The van der Waals surface area contributed by atoms with E-state index in [2.05, 4.69) is 9.97 Å². The van der Waals surface area contributed by atoms with Crippen molar-refractivity contribution in [2.75, 3.05) is 4.90 Å². The lowest BCUT2D eigenvalue weighted by Gasteiger charge is -2.18. The van der Waals surface area contributed by atoms with Crippen molar-refractivity contribution < 1.29 is 23.5 Å². The number of thiazole rings is 2. The van der Waals surface area contributed by atoms with E-state index in [0.29, 0.717) is 21.6 Å². The first-order valence-corrected chi connectivity index (χ1v) is 9.56.